The fourth-order valence-corrected chi connectivity index (χ4v) is 1.89. The van der Waals surface area contributed by atoms with Crippen LogP contribution in [0, 0.1) is 0 Å². The summed E-state index contributed by atoms with van der Waals surface area (Å²) in [5, 5.41) is 8.74. The Hall–Kier alpha value is -1.36. The Morgan fingerprint density at radius 2 is 2.50 bits per heavy atom. The number of aryl methyl sites for hydroxylation is 1. The molecule has 5 heteroatoms. The first-order valence-corrected chi connectivity index (χ1v) is 4.20. The van der Waals surface area contributed by atoms with E-state index in [4.69, 9.17) is 5.11 Å². The maximum atomic E-state index is 10.6. The molecule has 0 unspecified atom stereocenters. The standard InChI is InChI=1S/C7H6N2O2S/c1-9-5(7(10)11)2-4-6(9)12-3-8-4/h2-3H,1H3,(H,10,11). The van der Waals surface area contributed by atoms with Crippen LogP contribution in [0.5, 0.6) is 0 Å². The molecule has 0 saturated carbocycles. The van der Waals surface area contributed by atoms with Crippen LogP contribution in [0.15, 0.2) is 11.6 Å². The van der Waals surface area contributed by atoms with Crippen molar-refractivity contribution in [1.82, 2.24) is 9.55 Å². The summed E-state index contributed by atoms with van der Waals surface area (Å²) in [5.41, 5.74) is 2.74. The topological polar surface area (TPSA) is 55.1 Å². The van der Waals surface area contributed by atoms with Gasteiger partial charge in [0.25, 0.3) is 0 Å². The van der Waals surface area contributed by atoms with Crippen molar-refractivity contribution in [3.63, 3.8) is 0 Å². The van der Waals surface area contributed by atoms with E-state index in [1.54, 1.807) is 23.2 Å². The molecule has 0 aromatic carbocycles. The Bertz CT molecular complexity index is 443. The van der Waals surface area contributed by atoms with Gasteiger partial charge in [0.1, 0.15) is 16.0 Å². The van der Waals surface area contributed by atoms with E-state index in [0.717, 1.165) is 10.3 Å². The minimum atomic E-state index is -0.914. The number of hydrogen-bond donors (Lipinski definition) is 1. The van der Waals surface area contributed by atoms with Crippen molar-refractivity contribution in [3.8, 4) is 0 Å². The molecule has 2 heterocycles. The number of thiazole rings is 1. The molecular formula is C7H6N2O2S. The van der Waals surface area contributed by atoms with Gasteiger partial charge >= 0.3 is 5.97 Å². The normalized spacial score (nSPS) is 10.8. The minimum Gasteiger partial charge on any atom is -0.477 e. The largest absolute Gasteiger partial charge is 0.477 e. The van der Waals surface area contributed by atoms with Crippen LogP contribution in [0.3, 0.4) is 0 Å². The summed E-state index contributed by atoms with van der Waals surface area (Å²) in [4.78, 5) is 15.6. The fourth-order valence-electron chi connectivity index (χ4n) is 1.14. The lowest BCUT2D eigenvalue weighted by atomic mass is 10.4. The van der Waals surface area contributed by atoms with E-state index >= 15 is 0 Å². The predicted molar refractivity (Wildman–Crippen MR) is 45.6 cm³/mol. The average molecular weight is 182 g/mol. The van der Waals surface area contributed by atoms with Gasteiger partial charge < -0.3 is 9.67 Å². The highest BCUT2D eigenvalue weighted by Gasteiger charge is 2.12. The van der Waals surface area contributed by atoms with Gasteiger partial charge in [0.2, 0.25) is 0 Å². The fraction of sp³-hybridized carbons (Fsp3) is 0.143. The van der Waals surface area contributed by atoms with E-state index in [-0.39, 0.29) is 5.69 Å². The van der Waals surface area contributed by atoms with Gasteiger partial charge in [-0.15, -0.1) is 11.3 Å². The molecular weight excluding hydrogens is 176 g/mol. The molecule has 0 spiro atoms. The number of carboxylic acid groups (broad SMARTS) is 1. The lowest BCUT2D eigenvalue weighted by molar-refractivity contribution is 0.0687. The van der Waals surface area contributed by atoms with E-state index in [1.165, 1.54) is 11.3 Å². The number of carboxylic acids is 1. The van der Waals surface area contributed by atoms with Crippen molar-refractivity contribution in [2.45, 2.75) is 0 Å². The maximum absolute atomic E-state index is 10.6. The molecule has 1 N–H and O–H groups in total. The van der Waals surface area contributed by atoms with E-state index in [9.17, 15) is 4.79 Å². The molecule has 62 valence electrons. The summed E-state index contributed by atoms with van der Waals surface area (Å²) in [6, 6.07) is 1.58. The highest BCUT2D eigenvalue weighted by atomic mass is 32.1. The van der Waals surface area contributed by atoms with Crippen LogP contribution in [0.4, 0.5) is 0 Å². The molecule has 2 aromatic heterocycles. The number of fused-ring (bicyclic) bond motifs is 1. The molecule has 0 bridgehead atoms. The third-order valence-electron chi connectivity index (χ3n) is 1.73. The smallest absolute Gasteiger partial charge is 0.352 e. The Morgan fingerprint density at radius 3 is 3.08 bits per heavy atom. The number of rotatable bonds is 1. The van der Waals surface area contributed by atoms with Crippen LogP contribution in [-0.2, 0) is 7.05 Å². The third-order valence-corrected chi connectivity index (χ3v) is 2.65. The van der Waals surface area contributed by atoms with Crippen molar-refractivity contribution < 1.29 is 9.90 Å². The summed E-state index contributed by atoms with van der Waals surface area (Å²) in [6.07, 6.45) is 0. The Kier molecular flexibility index (Phi) is 1.41. The third kappa shape index (κ3) is 0.831. The number of aromatic nitrogens is 2. The van der Waals surface area contributed by atoms with Crippen LogP contribution >= 0.6 is 11.3 Å². The number of aromatic carboxylic acids is 1. The van der Waals surface area contributed by atoms with Gasteiger partial charge in [-0.25, -0.2) is 9.78 Å². The second-order valence-corrected chi connectivity index (χ2v) is 3.27. The molecule has 0 aliphatic rings. The van der Waals surface area contributed by atoms with Crippen molar-refractivity contribution in [2.24, 2.45) is 7.05 Å². The minimum absolute atomic E-state index is 0.282. The van der Waals surface area contributed by atoms with Crippen LogP contribution < -0.4 is 0 Å². The zero-order valence-electron chi connectivity index (χ0n) is 6.31. The van der Waals surface area contributed by atoms with Gasteiger partial charge in [-0.05, 0) is 6.07 Å². The van der Waals surface area contributed by atoms with Gasteiger partial charge in [-0.3, -0.25) is 0 Å². The van der Waals surface area contributed by atoms with Gasteiger partial charge in [0, 0.05) is 7.05 Å². The average Bonchev–Trinajstić information content (AvgIpc) is 2.53. The van der Waals surface area contributed by atoms with Gasteiger partial charge in [0.05, 0.1) is 5.51 Å². The van der Waals surface area contributed by atoms with E-state index < -0.39 is 5.97 Å². The van der Waals surface area contributed by atoms with Crippen LogP contribution in [0.2, 0.25) is 0 Å². The lowest BCUT2D eigenvalue weighted by Gasteiger charge is -1.94. The number of hydrogen-bond acceptors (Lipinski definition) is 3. The molecule has 0 aliphatic carbocycles. The SMILES string of the molecule is Cn1c(C(=O)O)cc2ncsc21. The summed E-state index contributed by atoms with van der Waals surface area (Å²) < 4.78 is 1.63. The number of carbonyl (C=O) groups is 1. The zero-order valence-corrected chi connectivity index (χ0v) is 7.13. The molecule has 2 rings (SSSR count). The van der Waals surface area contributed by atoms with E-state index in [1.807, 2.05) is 0 Å². The molecule has 0 saturated heterocycles. The van der Waals surface area contributed by atoms with E-state index in [0.29, 0.717) is 0 Å². The summed E-state index contributed by atoms with van der Waals surface area (Å²) in [5.74, 6) is -0.914. The van der Waals surface area contributed by atoms with Crippen LogP contribution in [0.1, 0.15) is 10.5 Å². The molecule has 0 radical (unpaired) electrons. The first-order chi connectivity index (χ1) is 5.70. The summed E-state index contributed by atoms with van der Waals surface area (Å²) in [6.45, 7) is 0. The van der Waals surface area contributed by atoms with Gasteiger partial charge in [-0.1, -0.05) is 0 Å². The van der Waals surface area contributed by atoms with E-state index in [2.05, 4.69) is 4.98 Å². The van der Waals surface area contributed by atoms with Gasteiger partial charge in [-0.2, -0.15) is 0 Å². The van der Waals surface area contributed by atoms with Gasteiger partial charge in [0.15, 0.2) is 0 Å². The number of nitrogens with zero attached hydrogens (tertiary/aromatic N) is 2. The Morgan fingerprint density at radius 1 is 1.75 bits per heavy atom. The highest BCUT2D eigenvalue weighted by molar-refractivity contribution is 7.16. The lowest BCUT2D eigenvalue weighted by Crippen LogP contribution is -2.03. The quantitative estimate of drug-likeness (QED) is 0.723. The molecule has 0 aliphatic heterocycles. The van der Waals surface area contributed by atoms with Crippen LogP contribution in [0.25, 0.3) is 10.3 Å². The molecule has 4 nitrogen and oxygen atoms in total. The first kappa shape index (κ1) is 7.30. The van der Waals surface area contributed by atoms with Crippen LogP contribution in [-0.4, -0.2) is 20.6 Å². The monoisotopic (exact) mass is 182 g/mol. The highest BCUT2D eigenvalue weighted by Crippen LogP contribution is 2.20. The molecule has 12 heavy (non-hydrogen) atoms. The predicted octanol–water partition coefficient (Wildman–Crippen LogP) is 1.33. The van der Waals surface area contributed by atoms with Crippen molar-refractivity contribution >= 4 is 27.7 Å². The van der Waals surface area contributed by atoms with Crippen molar-refractivity contribution in [1.29, 1.82) is 0 Å². The maximum Gasteiger partial charge on any atom is 0.352 e. The second-order valence-electron chi connectivity index (χ2n) is 2.44. The molecule has 0 atom stereocenters. The Labute approximate surface area is 72.1 Å². The van der Waals surface area contributed by atoms with Crippen molar-refractivity contribution in [2.75, 3.05) is 0 Å². The summed E-state index contributed by atoms with van der Waals surface area (Å²) >= 11 is 1.44. The molecule has 0 fully saturated rings. The zero-order chi connectivity index (χ0) is 8.72. The Balaban J connectivity index is 2.78. The summed E-state index contributed by atoms with van der Waals surface area (Å²) in [7, 11) is 1.73. The second kappa shape index (κ2) is 2.31. The first-order valence-electron chi connectivity index (χ1n) is 3.32. The van der Waals surface area contributed by atoms with Crippen molar-refractivity contribution in [3.05, 3.63) is 17.3 Å². The molecule has 0 amide bonds. The molecule has 2 aromatic rings.